The van der Waals surface area contributed by atoms with Crippen molar-refractivity contribution in [2.75, 3.05) is 0 Å². The number of hydrogen-bond donors (Lipinski definition) is 0. The van der Waals surface area contributed by atoms with Gasteiger partial charge < -0.3 is 0 Å². The van der Waals surface area contributed by atoms with Gasteiger partial charge in [0.25, 0.3) is 0 Å². The zero-order valence-electron chi connectivity index (χ0n) is 7.22. The van der Waals surface area contributed by atoms with Crippen LogP contribution in [-0.4, -0.2) is 15.8 Å². The molecule has 0 N–H and O–H groups in total. The van der Waals surface area contributed by atoms with Gasteiger partial charge in [0.05, 0.1) is 18.2 Å². The van der Waals surface area contributed by atoms with Crippen molar-refractivity contribution >= 4 is 6.29 Å². The first kappa shape index (κ1) is 8.62. The Balaban J connectivity index is 2.54. The summed E-state index contributed by atoms with van der Waals surface area (Å²) in [6.07, 6.45) is 3.58. The van der Waals surface area contributed by atoms with Gasteiger partial charge in [-0.1, -0.05) is 6.07 Å². The molecule has 0 radical (unpaired) electrons. The van der Waals surface area contributed by atoms with Gasteiger partial charge in [0.15, 0.2) is 6.29 Å². The van der Waals surface area contributed by atoms with Crippen LogP contribution in [0.1, 0.15) is 10.5 Å². The van der Waals surface area contributed by atoms with E-state index in [9.17, 15) is 9.18 Å². The fraction of sp³-hybridized carbons (Fsp3) is 0. The lowest BCUT2D eigenvalue weighted by atomic mass is 10.3. The molecule has 2 rings (SSSR count). The predicted molar refractivity (Wildman–Crippen MR) is 48.9 cm³/mol. The van der Waals surface area contributed by atoms with Crippen LogP contribution in [-0.2, 0) is 0 Å². The molecule has 2 aromatic rings. The number of aromatic nitrogens is 2. The first-order valence-corrected chi connectivity index (χ1v) is 4.05. The van der Waals surface area contributed by atoms with Crippen LogP contribution in [0.5, 0.6) is 0 Å². The highest BCUT2D eigenvalue weighted by molar-refractivity contribution is 5.72. The summed E-state index contributed by atoms with van der Waals surface area (Å²) in [5.74, 6) is -0.340. The first-order chi connectivity index (χ1) is 6.81. The number of benzene rings is 1. The summed E-state index contributed by atoms with van der Waals surface area (Å²) >= 11 is 0. The monoisotopic (exact) mass is 190 g/mol. The van der Waals surface area contributed by atoms with Gasteiger partial charge in [-0.25, -0.2) is 9.37 Å². The lowest BCUT2D eigenvalue weighted by molar-refractivity contribution is 0.111. The minimum atomic E-state index is -0.340. The number of carbonyl (C=O) groups is 1. The summed E-state index contributed by atoms with van der Waals surface area (Å²) < 4.78 is 14.4. The largest absolute Gasteiger partial charge is 0.296 e. The lowest BCUT2D eigenvalue weighted by Crippen LogP contribution is -1.97. The SMILES string of the molecule is O=Cc1cncn1-c1cccc(F)c1. The molecule has 1 heterocycles. The van der Waals surface area contributed by atoms with Gasteiger partial charge >= 0.3 is 0 Å². The minimum absolute atomic E-state index is 0.340. The van der Waals surface area contributed by atoms with Crippen molar-refractivity contribution in [1.29, 1.82) is 0 Å². The Morgan fingerprint density at radius 1 is 1.43 bits per heavy atom. The molecular weight excluding hydrogens is 183 g/mol. The normalized spacial score (nSPS) is 10.1. The van der Waals surface area contributed by atoms with Crippen LogP contribution >= 0.6 is 0 Å². The summed E-state index contributed by atoms with van der Waals surface area (Å²) in [5, 5.41) is 0. The Kier molecular flexibility index (Phi) is 2.10. The second-order valence-electron chi connectivity index (χ2n) is 2.79. The number of imidazole rings is 1. The first-order valence-electron chi connectivity index (χ1n) is 4.05. The second kappa shape index (κ2) is 3.41. The maximum atomic E-state index is 12.9. The molecule has 0 bridgehead atoms. The van der Waals surface area contributed by atoms with Crippen molar-refractivity contribution in [3.63, 3.8) is 0 Å². The van der Waals surface area contributed by atoms with Crippen molar-refractivity contribution in [2.45, 2.75) is 0 Å². The molecule has 0 amide bonds. The maximum absolute atomic E-state index is 12.9. The molecule has 0 unspecified atom stereocenters. The summed E-state index contributed by atoms with van der Waals surface area (Å²) in [7, 11) is 0. The Morgan fingerprint density at radius 3 is 3.00 bits per heavy atom. The van der Waals surface area contributed by atoms with Gasteiger partial charge in [-0.2, -0.15) is 0 Å². The van der Waals surface area contributed by atoms with E-state index in [1.54, 1.807) is 12.1 Å². The van der Waals surface area contributed by atoms with E-state index in [4.69, 9.17) is 0 Å². The third-order valence-electron chi connectivity index (χ3n) is 1.87. The molecule has 0 aliphatic heterocycles. The van der Waals surface area contributed by atoms with Crippen molar-refractivity contribution < 1.29 is 9.18 Å². The van der Waals surface area contributed by atoms with E-state index in [1.165, 1.54) is 29.2 Å². The van der Waals surface area contributed by atoms with Crippen LogP contribution in [0.25, 0.3) is 5.69 Å². The van der Waals surface area contributed by atoms with Gasteiger partial charge in [0, 0.05) is 0 Å². The zero-order chi connectivity index (χ0) is 9.97. The van der Waals surface area contributed by atoms with Crippen LogP contribution < -0.4 is 0 Å². The van der Waals surface area contributed by atoms with Crippen molar-refractivity contribution in [1.82, 2.24) is 9.55 Å². The predicted octanol–water partition coefficient (Wildman–Crippen LogP) is 1.82. The molecule has 4 heteroatoms. The molecule has 0 aliphatic carbocycles. The highest BCUT2D eigenvalue weighted by atomic mass is 19.1. The van der Waals surface area contributed by atoms with E-state index in [0.717, 1.165) is 0 Å². The Labute approximate surface area is 79.8 Å². The van der Waals surface area contributed by atoms with E-state index in [-0.39, 0.29) is 5.82 Å². The molecule has 14 heavy (non-hydrogen) atoms. The summed E-state index contributed by atoms with van der Waals surface area (Å²) in [4.78, 5) is 14.4. The van der Waals surface area contributed by atoms with Gasteiger partial charge in [-0.05, 0) is 18.2 Å². The molecule has 0 saturated heterocycles. The van der Waals surface area contributed by atoms with Crippen molar-refractivity contribution in [3.8, 4) is 5.69 Å². The van der Waals surface area contributed by atoms with Crippen LogP contribution in [0.2, 0.25) is 0 Å². The topological polar surface area (TPSA) is 34.9 Å². The Bertz CT molecular complexity index is 465. The zero-order valence-corrected chi connectivity index (χ0v) is 7.22. The van der Waals surface area contributed by atoms with Gasteiger partial charge in [-0.15, -0.1) is 0 Å². The van der Waals surface area contributed by atoms with Crippen molar-refractivity contribution in [3.05, 3.63) is 48.3 Å². The molecule has 3 nitrogen and oxygen atoms in total. The maximum Gasteiger partial charge on any atom is 0.168 e. The Morgan fingerprint density at radius 2 is 2.29 bits per heavy atom. The fourth-order valence-corrected chi connectivity index (χ4v) is 1.23. The molecular formula is C10H7FN2O. The molecule has 0 aliphatic rings. The average Bonchev–Trinajstić information content (AvgIpc) is 2.65. The molecule has 0 atom stereocenters. The number of hydrogen-bond acceptors (Lipinski definition) is 2. The lowest BCUT2D eigenvalue weighted by Gasteiger charge is -2.03. The molecule has 0 fully saturated rings. The fourth-order valence-electron chi connectivity index (χ4n) is 1.23. The highest BCUT2D eigenvalue weighted by Crippen LogP contribution is 2.11. The number of nitrogens with zero attached hydrogens (tertiary/aromatic N) is 2. The summed E-state index contributed by atoms with van der Waals surface area (Å²) in [5.41, 5.74) is 0.986. The van der Waals surface area contributed by atoms with Crippen LogP contribution in [0.4, 0.5) is 4.39 Å². The second-order valence-corrected chi connectivity index (χ2v) is 2.79. The number of rotatable bonds is 2. The van der Waals surface area contributed by atoms with Gasteiger partial charge in [0.1, 0.15) is 11.5 Å². The minimum Gasteiger partial charge on any atom is -0.296 e. The van der Waals surface area contributed by atoms with E-state index in [0.29, 0.717) is 17.7 Å². The quantitative estimate of drug-likeness (QED) is 0.677. The molecule has 0 spiro atoms. The van der Waals surface area contributed by atoms with E-state index in [1.807, 2.05) is 0 Å². The van der Waals surface area contributed by atoms with Crippen molar-refractivity contribution in [2.24, 2.45) is 0 Å². The molecule has 70 valence electrons. The van der Waals surface area contributed by atoms with E-state index < -0.39 is 0 Å². The van der Waals surface area contributed by atoms with Crippen LogP contribution in [0, 0.1) is 5.82 Å². The number of carbonyl (C=O) groups excluding carboxylic acids is 1. The number of halogens is 1. The summed E-state index contributed by atoms with van der Waals surface area (Å²) in [6.45, 7) is 0. The third kappa shape index (κ3) is 1.42. The van der Waals surface area contributed by atoms with Gasteiger partial charge in [-0.3, -0.25) is 9.36 Å². The smallest absolute Gasteiger partial charge is 0.168 e. The molecule has 0 saturated carbocycles. The Hall–Kier alpha value is -1.97. The summed E-state index contributed by atoms with van der Waals surface area (Å²) in [6, 6.07) is 5.98. The highest BCUT2D eigenvalue weighted by Gasteiger charge is 2.03. The molecule has 1 aromatic carbocycles. The van der Waals surface area contributed by atoms with Crippen LogP contribution in [0.15, 0.2) is 36.8 Å². The molecule has 1 aromatic heterocycles. The number of aldehydes is 1. The standard InChI is InChI=1S/C10H7FN2O/c11-8-2-1-3-9(4-8)13-7-12-5-10(13)6-14/h1-7H. The van der Waals surface area contributed by atoms with E-state index >= 15 is 0 Å². The third-order valence-corrected chi connectivity index (χ3v) is 1.87. The van der Waals surface area contributed by atoms with E-state index in [2.05, 4.69) is 4.98 Å². The average molecular weight is 190 g/mol. The van der Waals surface area contributed by atoms with Gasteiger partial charge in [0.2, 0.25) is 0 Å². The van der Waals surface area contributed by atoms with Crippen LogP contribution in [0.3, 0.4) is 0 Å².